The van der Waals surface area contributed by atoms with Crippen LogP contribution in [-0.2, 0) is 14.3 Å². The van der Waals surface area contributed by atoms with Gasteiger partial charge in [0.2, 0.25) is 5.79 Å². The maximum Gasteiger partial charge on any atom is 0.337 e. The first-order chi connectivity index (χ1) is 9.07. The minimum absolute atomic E-state index is 0.273. The number of hydrogen-bond donors (Lipinski definition) is 1. The predicted octanol–water partition coefficient (Wildman–Crippen LogP) is 3.19. The first-order valence-corrected chi connectivity index (χ1v) is 6.76. The van der Waals surface area contributed by atoms with Crippen molar-refractivity contribution in [1.82, 2.24) is 0 Å². The van der Waals surface area contributed by atoms with Crippen LogP contribution in [0, 0.1) is 0 Å². The largest absolute Gasteiger partial charge is 0.432 e. The zero-order chi connectivity index (χ0) is 14.3. The molecule has 0 aliphatic carbocycles. The van der Waals surface area contributed by atoms with Crippen molar-refractivity contribution in [3.8, 4) is 0 Å². The van der Waals surface area contributed by atoms with E-state index in [0.29, 0.717) is 13.0 Å². The molecule has 1 fully saturated rings. The summed E-state index contributed by atoms with van der Waals surface area (Å²) in [7, 11) is 0. The summed E-state index contributed by atoms with van der Waals surface area (Å²) in [4.78, 5) is 11.5. The van der Waals surface area contributed by atoms with Gasteiger partial charge >= 0.3 is 5.97 Å². The predicted molar refractivity (Wildman–Crippen MR) is 75.9 cm³/mol. The standard InChI is InChI=1S/C13H17NO3.C2H6/c1-13(2)16-11(12(15)17-13)8-9-14-10-6-4-3-5-7-10;1-2/h3-7,11,14H,8-9H2,1-2H3;1-2H3. The summed E-state index contributed by atoms with van der Waals surface area (Å²) in [6.45, 7) is 8.17. The van der Waals surface area contributed by atoms with Crippen LogP contribution in [0.4, 0.5) is 5.69 Å². The molecule has 1 aliphatic rings. The highest BCUT2D eigenvalue weighted by Crippen LogP contribution is 2.25. The number of benzene rings is 1. The van der Waals surface area contributed by atoms with E-state index < -0.39 is 11.9 Å². The van der Waals surface area contributed by atoms with Crippen LogP contribution < -0.4 is 5.32 Å². The van der Waals surface area contributed by atoms with E-state index >= 15 is 0 Å². The molecule has 1 N–H and O–H groups in total. The number of hydrogen-bond acceptors (Lipinski definition) is 4. The van der Waals surface area contributed by atoms with Crippen LogP contribution in [0.2, 0.25) is 0 Å². The van der Waals surface area contributed by atoms with Crippen molar-refractivity contribution in [3.63, 3.8) is 0 Å². The lowest BCUT2D eigenvalue weighted by molar-refractivity contribution is -0.160. The molecule has 0 bridgehead atoms. The molecule has 1 atom stereocenters. The van der Waals surface area contributed by atoms with Gasteiger partial charge < -0.3 is 14.8 Å². The number of rotatable bonds is 4. The summed E-state index contributed by atoms with van der Waals surface area (Å²) in [5, 5.41) is 3.23. The van der Waals surface area contributed by atoms with Gasteiger partial charge in [0.05, 0.1) is 0 Å². The monoisotopic (exact) mass is 265 g/mol. The van der Waals surface area contributed by atoms with Crippen LogP contribution in [0.1, 0.15) is 34.1 Å². The lowest BCUT2D eigenvalue weighted by atomic mass is 10.2. The molecule has 1 aromatic rings. The number of para-hydroxylation sites is 1. The third-order valence-electron chi connectivity index (χ3n) is 2.54. The van der Waals surface area contributed by atoms with Crippen molar-refractivity contribution >= 4 is 11.7 Å². The van der Waals surface area contributed by atoms with Crippen LogP contribution in [0.25, 0.3) is 0 Å². The topological polar surface area (TPSA) is 47.6 Å². The van der Waals surface area contributed by atoms with E-state index in [0.717, 1.165) is 5.69 Å². The van der Waals surface area contributed by atoms with Crippen molar-refractivity contribution < 1.29 is 14.3 Å². The van der Waals surface area contributed by atoms with Gasteiger partial charge in [-0.2, -0.15) is 0 Å². The van der Waals surface area contributed by atoms with Gasteiger partial charge in [-0.1, -0.05) is 32.0 Å². The van der Waals surface area contributed by atoms with Crippen LogP contribution in [0.5, 0.6) is 0 Å². The van der Waals surface area contributed by atoms with Gasteiger partial charge in [0.25, 0.3) is 0 Å². The second-order valence-corrected chi connectivity index (χ2v) is 4.51. The third kappa shape index (κ3) is 4.91. The van der Waals surface area contributed by atoms with Gasteiger partial charge in [-0.3, -0.25) is 0 Å². The van der Waals surface area contributed by atoms with Gasteiger partial charge in [-0.15, -0.1) is 0 Å². The smallest absolute Gasteiger partial charge is 0.337 e. The van der Waals surface area contributed by atoms with E-state index in [2.05, 4.69) is 5.32 Å². The first-order valence-electron chi connectivity index (χ1n) is 6.76. The fraction of sp³-hybridized carbons (Fsp3) is 0.533. The fourth-order valence-corrected chi connectivity index (χ4v) is 1.80. The molecular formula is C15H23NO3. The second kappa shape index (κ2) is 7.14. The van der Waals surface area contributed by atoms with E-state index in [9.17, 15) is 4.79 Å². The van der Waals surface area contributed by atoms with Gasteiger partial charge in [-0.25, -0.2) is 4.79 Å². The number of esters is 1. The molecule has 0 aromatic heterocycles. The number of ether oxygens (including phenoxy) is 2. The van der Waals surface area contributed by atoms with Crippen molar-refractivity contribution in [2.45, 2.75) is 46.0 Å². The normalized spacial score (nSPS) is 20.2. The summed E-state index contributed by atoms with van der Waals surface area (Å²) in [5.74, 6) is -1.06. The Morgan fingerprint density at radius 1 is 1.21 bits per heavy atom. The van der Waals surface area contributed by atoms with Crippen LogP contribution in [0.3, 0.4) is 0 Å². The molecule has 0 radical (unpaired) electrons. The maximum absolute atomic E-state index is 11.5. The number of carbonyl (C=O) groups is 1. The summed E-state index contributed by atoms with van der Waals surface area (Å²) in [6.07, 6.45) is 0.151. The Morgan fingerprint density at radius 3 is 2.37 bits per heavy atom. The quantitative estimate of drug-likeness (QED) is 0.849. The molecular weight excluding hydrogens is 242 g/mol. The lowest BCUT2D eigenvalue weighted by Gasteiger charge is -2.15. The summed E-state index contributed by atoms with van der Waals surface area (Å²) in [5.41, 5.74) is 1.04. The van der Waals surface area contributed by atoms with E-state index in [1.165, 1.54) is 0 Å². The number of anilines is 1. The molecule has 4 nitrogen and oxygen atoms in total. The highest BCUT2D eigenvalue weighted by Gasteiger charge is 2.40. The average molecular weight is 265 g/mol. The maximum atomic E-state index is 11.5. The Kier molecular flexibility index (Phi) is 5.83. The molecule has 0 amide bonds. The lowest BCUT2D eigenvalue weighted by Crippen LogP contribution is -2.23. The molecule has 0 spiro atoms. The Bertz CT molecular complexity index is 390. The van der Waals surface area contributed by atoms with Crippen molar-refractivity contribution in [3.05, 3.63) is 30.3 Å². The molecule has 1 saturated heterocycles. The van der Waals surface area contributed by atoms with Crippen LogP contribution in [-0.4, -0.2) is 24.4 Å². The molecule has 106 valence electrons. The van der Waals surface area contributed by atoms with Crippen LogP contribution in [0.15, 0.2) is 30.3 Å². The van der Waals surface area contributed by atoms with Crippen molar-refractivity contribution in [2.24, 2.45) is 0 Å². The number of cyclic esters (lactones) is 1. The van der Waals surface area contributed by atoms with E-state index in [1.807, 2.05) is 44.2 Å². The zero-order valence-corrected chi connectivity index (χ0v) is 12.1. The zero-order valence-electron chi connectivity index (χ0n) is 12.1. The number of nitrogens with one attached hydrogen (secondary N) is 1. The van der Waals surface area contributed by atoms with E-state index in [1.54, 1.807) is 13.8 Å². The van der Waals surface area contributed by atoms with Crippen molar-refractivity contribution in [2.75, 3.05) is 11.9 Å². The van der Waals surface area contributed by atoms with E-state index in [4.69, 9.17) is 9.47 Å². The molecule has 0 saturated carbocycles. The SMILES string of the molecule is CC.CC1(C)OC(=O)C(CCNc2ccccc2)O1. The average Bonchev–Trinajstić information content (AvgIpc) is 2.66. The minimum Gasteiger partial charge on any atom is -0.432 e. The number of carbonyl (C=O) groups excluding carboxylic acids is 1. The summed E-state index contributed by atoms with van der Waals surface area (Å²) in [6, 6.07) is 9.86. The molecule has 4 heteroatoms. The highest BCUT2D eigenvalue weighted by atomic mass is 16.8. The minimum atomic E-state index is -0.783. The Labute approximate surface area is 115 Å². The molecule has 19 heavy (non-hydrogen) atoms. The van der Waals surface area contributed by atoms with E-state index in [-0.39, 0.29) is 5.97 Å². The Hall–Kier alpha value is -1.55. The van der Waals surface area contributed by atoms with Crippen molar-refractivity contribution in [1.29, 1.82) is 0 Å². The Balaban J connectivity index is 0.000000861. The fourth-order valence-electron chi connectivity index (χ4n) is 1.80. The molecule has 1 aliphatic heterocycles. The van der Waals surface area contributed by atoms with Gasteiger partial charge in [0.1, 0.15) is 0 Å². The second-order valence-electron chi connectivity index (χ2n) is 4.51. The Morgan fingerprint density at radius 2 is 1.84 bits per heavy atom. The molecule has 1 aromatic carbocycles. The van der Waals surface area contributed by atoms with Crippen LogP contribution >= 0.6 is 0 Å². The summed E-state index contributed by atoms with van der Waals surface area (Å²) >= 11 is 0. The highest BCUT2D eigenvalue weighted by molar-refractivity contribution is 5.76. The molecule has 1 unspecified atom stereocenters. The summed E-state index contributed by atoms with van der Waals surface area (Å²) < 4.78 is 10.6. The molecule has 2 rings (SSSR count). The van der Waals surface area contributed by atoms with Gasteiger partial charge in [0, 0.05) is 32.5 Å². The first kappa shape index (κ1) is 15.5. The third-order valence-corrected chi connectivity index (χ3v) is 2.54. The molecule has 1 heterocycles. The van der Waals surface area contributed by atoms with Gasteiger partial charge in [0.15, 0.2) is 6.10 Å². The van der Waals surface area contributed by atoms with Gasteiger partial charge in [-0.05, 0) is 12.1 Å².